The molecule has 0 saturated carbocycles. The van der Waals surface area contributed by atoms with Crippen molar-refractivity contribution in [3.63, 3.8) is 0 Å². The highest BCUT2D eigenvalue weighted by atomic mass is 35.5. The average molecular weight is 276 g/mol. The van der Waals surface area contributed by atoms with Crippen molar-refractivity contribution in [2.24, 2.45) is 0 Å². The van der Waals surface area contributed by atoms with Gasteiger partial charge in [0.15, 0.2) is 0 Å². The van der Waals surface area contributed by atoms with Crippen LogP contribution in [-0.4, -0.2) is 10.1 Å². The van der Waals surface area contributed by atoms with Crippen molar-refractivity contribution in [2.45, 2.75) is 64.4 Å². The standard InChI is InChI=1S/C13H22ClNOS/c1-2-3-4-5-6-7-8-9-11(16)13-15-10-12(14)17-13/h10-11,16H,2-9H2,1H3. The third kappa shape index (κ3) is 6.39. The third-order valence-electron chi connectivity index (χ3n) is 2.86. The Labute approximate surface area is 113 Å². The highest BCUT2D eigenvalue weighted by Crippen LogP contribution is 2.27. The molecule has 98 valence electrons. The molecule has 17 heavy (non-hydrogen) atoms. The summed E-state index contributed by atoms with van der Waals surface area (Å²) in [5.41, 5.74) is 0. The molecule has 0 aliphatic heterocycles. The number of aromatic nitrogens is 1. The maximum Gasteiger partial charge on any atom is 0.123 e. The number of rotatable bonds is 9. The Balaban J connectivity index is 2.03. The maximum atomic E-state index is 9.86. The lowest BCUT2D eigenvalue weighted by Crippen LogP contribution is -1.96. The largest absolute Gasteiger partial charge is 0.386 e. The van der Waals surface area contributed by atoms with Crippen molar-refractivity contribution in [2.75, 3.05) is 0 Å². The van der Waals surface area contributed by atoms with Gasteiger partial charge < -0.3 is 5.11 Å². The van der Waals surface area contributed by atoms with Crippen molar-refractivity contribution < 1.29 is 5.11 Å². The second kappa shape index (κ2) is 8.90. The molecule has 0 saturated heterocycles. The van der Waals surface area contributed by atoms with Crippen LogP contribution >= 0.6 is 22.9 Å². The summed E-state index contributed by atoms with van der Waals surface area (Å²) in [7, 11) is 0. The van der Waals surface area contributed by atoms with E-state index in [2.05, 4.69) is 11.9 Å². The van der Waals surface area contributed by atoms with Crippen LogP contribution < -0.4 is 0 Å². The van der Waals surface area contributed by atoms with E-state index in [1.54, 1.807) is 6.20 Å². The van der Waals surface area contributed by atoms with E-state index >= 15 is 0 Å². The summed E-state index contributed by atoms with van der Waals surface area (Å²) < 4.78 is 0.651. The summed E-state index contributed by atoms with van der Waals surface area (Å²) in [4.78, 5) is 4.09. The summed E-state index contributed by atoms with van der Waals surface area (Å²) in [6.45, 7) is 2.23. The highest BCUT2D eigenvalue weighted by Gasteiger charge is 2.11. The zero-order chi connectivity index (χ0) is 12.5. The minimum absolute atomic E-state index is 0.428. The molecule has 1 rings (SSSR count). The van der Waals surface area contributed by atoms with Crippen LogP contribution in [0.2, 0.25) is 4.34 Å². The molecule has 0 spiro atoms. The van der Waals surface area contributed by atoms with Crippen molar-refractivity contribution in [3.05, 3.63) is 15.5 Å². The molecule has 1 unspecified atom stereocenters. The normalized spacial score (nSPS) is 12.9. The van der Waals surface area contributed by atoms with E-state index < -0.39 is 6.10 Å². The van der Waals surface area contributed by atoms with Gasteiger partial charge >= 0.3 is 0 Å². The van der Waals surface area contributed by atoms with Gasteiger partial charge in [-0.15, -0.1) is 11.3 Å². The molecule has 0 bridgehead atoms. The Bertz CT molecular complexity index is 303. The molecule has 0 aromatic carbocycles. The number of hydrogen-bond acceptors (Lipinski definition) is 3. The first-order valence-corrected chi connectivity index (χ1v) is 7.72. The van der Waals surface area contributed by atoms with E-state index in [9.17, 15) is 5.11 Å². The van der Waals surface area contributed by atoms with Gasteiger partial charge in [-0.1, -0.05) is 63.5 Å². The Morgan fingerprint density at radius 2 is 1.88 bits per heavy atom. The molecule has 0 aliphatic carbocycles. The van der Waals surface area contributed by atoms with E-state index in [4.69, 9.17) is 11.6 Å². The van der Waals surface area contributed by atoms with Gasteiger partial charge in [0.25, 0.3) is 0 Å². The number of halogens is 1. The fraction of sp³-hybridized carbons (Fsp3) is 0.769. The van der Waals surface area contributed by atoms with Crippen LogP contribution in [-0.2, 0) is 0 Å². The van der Waals surface area contributed by atoms with Crippen LogP contribution in [0.25, 0.3) is 0 Å². The molecular formula is C13H22ClNOS. The molecule has 1 heterocycles. The van der Waals surface area contributed by atoms with Crippen LogP contribution in [0.5, 0.6) is 0 Å². The Kier molecular flexibility index (Phi) is 7.82. The summed E-state index contributed by atoms with van der Waals surface area (Å²) in [6, 6.07) is 0. The molecule has 1 N–H and O–H groups in total. The highest BCUT2D eigenvalue weighted by molar-refractivity contribution is 7.15. The number of hydrogen-bond donors (Lipinski definition) is 1. The SMILES string of the molecule is CCCCCCCCCC(O)c1ncc(Cl)s1. The molecule has 1 atom stereocenters. The van der Waals surface area contributed by atoms with E-state index in [0.29, 0.717) is 4.34 Å². The van der Waals surface area contributed by atoms with Crippen LogP contribution in [0.15, 0.2) is 6.20 Å². The zero-order valence-electron chi connectivity index (χ0n) is 10.5. The summed E-state index contributed by atoms with van der Waals surface area (Å²) >= 11 is 7.16. The number of unbranched alkanes of at least 4 members (excludes halogenated alkanes) is 6. The number of nitrogens with zero attached hydrogens (tertiary/aromatic N) is 1. The lowest BCUT2D eigenvalue weighted by molar-refractivity contribution is 0.163. The number of thiazole rings is 1. The second-order valence-corrected chi connectivity index (χ2v) is 6.12. The first-order valence-electron chi connectivity index (χ1n) is 6.53. The molecule has 4 heteroatoms. The average Bonchev–Trinajstić information content (AvgIpc) is 2.74. The van der Waals surface area contributed by atoms with Crippen LogP contribution in [0, 0.1) is 0 Å². The molecule has 0 radical (unpaired) electrons. The van der Waals surface area contributed by atoms with Crippen molar-refractivity contribution in [1.29, 1.82) is 0 Å². The maximum absolute atomic E-state index is 9.86. The second-order valence-electron chi connectivity index (χ2n) is 4.43. The van der Waals surface area contributed by atoms with Gasteiger partial charge in [-0.25, -0.2) is 4.98 Å². The van der Waals surface area contributed by atoms with E-state index in [0.717, 1.165) is 17.8 Å². The molecule has 1 aromatic rings. The predicted octanol–water partition coefficient (Wildman–Crippen LogP) is 4.97. The lowest BCUT2D eigenvalue weighted by Gasteiger charge is -2.06. The fourth-order valence-corrected chi connectivity index (χ4v) is 2.79. The first-order chi connectivity index (χ1) is 8.24. The monoisotopic (exact) mass is 275 g/mol. The fourth-order valence-electron chi connectivity index (χ4n) is 1.84. The molecular weight excluding hydrogens is 254 g/mol. The summed E-state index contributed by atoms with van der Waals surface area (Å²) in [5.74, 6) is 0. The van der Waals surface area contributed by atoms with E-state index in [1.807, 2.05) is 0 Å². The van der Waals surface area contributed by atoms with Gasteiger partial charge in [0.1, 0.15) is 15.4 Å². The minimum atomic E-state index is -0.428. The Morgan fingerprint density at radius 1 is 1.24 bits per heavy atom. The van der Waals surface area contributed by atoms with Gasteiger partial charge in [-0.2, -0.15) is 0 Å². The van der Waals surface area contributed by atoms with Crippen LogP contribution in [0.3, 0.4) is 0 Å². The quantitative estimate of drug-likeness (QED) is 0.646. The van der Waals surface area contributed by atoms with Crippen LogP contribution in [0.4, 0.5) is 0 Å². The molecule has 0 aliphatic rings. The van der Waals surface area contributed by atoms with Crippen molar-refractivity contribution in [1.82, 2.24) is 4.98 Å². The van der Waals surface area contributed by atoms with Gasteiger partial charge in [0, 0.05) is 0 Å². The van der Waals surface area contributed by atoms with Gasteiger partial charge in [-0.05, 0) is 6.42 Å². The van der Waals surface area contributed by atoms with E-state index in [-0.39, 0.29) is 0 Å². The number of aliphatic hydroxyl groups is 1. The van der Waals surface area contributed by atoms with Crippen molar-refractivity contribution in [3.8, 4) is 0 Å². The third-order valence-corrected chi connectivity index (χ3v) is 4.08. The Morgan fingerprint density at radius 3 is 2.47 bits per heavy atom. The van der Waals surface area contributed by atoms with Crippen molar-refractivity contribution >= 4 is 22.9 Å². The van der Waals surface area contributed by atoms with Gasteiger partial charge in [0.2, 0.25) is 0 Å². The minimum Gasteiger partial charge on any atom is -0.386 e. The predicted molar refractivity (Wildman–Crippen MR) is 74.7 cm³/mol. The molecule has 2 nitrogen and oxygen atoms in total. The first kappa shape index (κ1) is 14.9. The van der Waals surface area contributed by atoms with Gasteiger partial charge in [-0.3, -0.25) is 0 Å². The summed E-state index contributed by atoms with van der Waals surface area (Å²) in [5, 5.41) is 10.6. The number of aliphatic hydroxyl groups excluding tert-OH is 1. The smallest absolute Gasteiger partial charge is 0.123 e. The topological polar surface area (TPSA) is 33.1 Å². The molecule has 1 aromatic heterocycles. The molecule has 0 amide bonds. The zero-order valence-corrected chi connectivity index (χ0v) is 12.1. The van der Waals surface area contributed by atoms with Crippen LogP contribution in [0.1, 0.15) is 69.4 Å². The lowest BCUT2D eigenvalue weighted by atomic mass is 10.1. The van der Waals surface area contributed by atoms with Gasteiger partial charge in [0.05, 0.1) is 6.20 Å². The molecule has 0 fully saturated rings. The Hall–Kier alpha value is -0.120. The summed E-state index contributed by atoms with van der Waals surface area (Å²) in [6.07, 6.45) is 10.9. The van der Waals surface area contributed by atoms with E-state index in [1.165, 1.54) is 49.9 Å².